The normalized spacial score (nSPS) is 12.3. The van der Waals surface area contributed by atoms with Gasteiger partial charge in [-0.15, -0.1) is 0 Å². The van der Waals surface area contributed by atoms with Crippen molar-refractivity contribution in [1.82, 2.24) is 9.97 Å². The van der Waals surface area contributed by atoms with E-state index in [0.29, 0.717) is 16.9 Å². The fourth-order valence-corrected chi connectivity index (χ4v) is 1.75. The number of aromatic nitrogens is 2. The molecule has 0 radical (unpaired) electrons. The first kappa shape index (κ1) is 11.7. The van der Waals surface area contributed by atoms with Crippen molar-refractivity contribution >= 4 is 31.2 Å². The summed E-state index contributed by atoms with van der Waals surface area (Å²) in [6.07, 6.45) is 1.53. The van der Waals surface area contributed by atoms with Gasteiger partial charge >= 0.3 is 0 Å². The molecule has 1 aromatic rings. The number of carbonyl (C=O) groups is 1. The Bertz CT molecular complexity index is 475. The van der Waals surface area contributed by atoms with E-state index in [4.69, 9.17) is 0 Å². The highest BCUT2D eigenvalue weighted by molar-refractivity contribution is 8.00. The van der Waals surface area contributed by atoms with Gasteiger partial charge in [0, 0.05) is 0 Å². The van der Waals surface area contributed by atoms with Crippen molar-refractivity contribution in [3.05, 3.63) is 20.9 Å². The number of hydrogen-bond acceptors (Lipinski definition) is 4. The van der Waals surface area contributed by atoms with E-state index in [1.807, 2.05) is 6.92 Å². The summed E-state index contributed by atoms with van der Waals surface area (Å²) >= 11 is 1.22. The van der Waals surface area contributed by atoms with Crippen molar-refractivity contribution in [2.45, 2.75) is 23.8 Å². The summed E-state index contributed by atoms with van der Waals surface area (Å²) in [7, 11) is 0. The van der Waals surface area contributed by atoms with Gasteiger partial charge in [-0.25, -0.2) is 4.98 Å². The van der Waals surface area contributed by atoms with Crippen molar-refractivity contribution in [2.75, 3.05) is 0 Å². The van der Waals surface area contributed by atoms with Crippen LogP contribution in [0.15, 0.2) is 9.95 Å². The van der Waals surface area contributed by atoms with Gasteiger partial charge in [0.2, 0.25) is 0 Å². The first-order chi connectivity index (χ1) is 7.08. The maximum absolute atomic E-state index is 11.3. The van der Waals surface area contributed by atoms with Gasteiger partial charge in [-0.1, -0.05) is 31.8 Å². The van der Waals surface area contributed by atoms with Gasteiger partial charge in [-0.3, -0.25) is 4.79 Å². The number of aromatic amines is 1. The van der Waals surface area contributed by atoms with Gasteiger partial charge in [0.15, 0.2) is 5.16 Å². The fourth-order valence-electron chi connectivity index (χ4n) is 0.928. The number of aldehydes is 1. The molecule has 0 saturated heterocycles. The molecule has 0 aromatic carbocycles. The van der Waals surface area contributed by atoms with Gasteiger partial charge in [0.25, 0.3) is 5.56 Å². The number of hydrogen-bond donors (Lipinski definition) is 1. The molecule has 0 amide bonds. The lowest BCUT2D eigenvalue weighted by atomic mass is 10.4. The van der Waals surface area contributed by atoms with Crippen molar-refractivity contribution in [1.29, 1.82) is 0 Å². The zero-order valence-electron chi connectivity index (χ0n) is 8.45. The van der Waals surface area contributed by atoms with Gasteiger partial charge < -0.3 is 9.78 Å². The molecule has 1 N–H and O–H groups in total. The van der Waals surface area contributed by atoms with E-state index in [0.717, 1.165) is 6.29 Å². The Morgan fingerprint density at radius 1 is 1.60 bits per heavy atom. The second kappa shape index (κ2) is 4.93. The highest BCUT2D eigenvalue weighted by atomic mass is 32.2. The van der Waals surface area contributed by atoms with E-state index in [-0.39, 0.29) is 16.0 Å². The molecule has 15 heavy (non-hydrogen) atoms. The second-order valence-corrected chi connectivity index (χ2v) is 4.22. The zero-order valence-corrected chi connectivity index (χ0v) is 9.26. The molecule has 1 atom stereocenters. The summed E-state index contributed by atoms with van der Waals surface area (Å²) in [5.74, 6) is 0. The van der Waals surface area contributed by atoms with Crippen molar-refractivity contribution in [3.8, 4) is 0 Å². The van der Waals surface area contributed by atoms with Crippen LogP contribution in [0.2, 0.25) is 0 Å². The molecule has 80 valence electrons. The monoisotopic (exact) mass is 224 g/mol. The van der Waals surface area contributed by atoms with Gasteiger partial charge in [-0.05, 0) is 6.42 Å². The maximum Gasteiger partial charge on any atom is 0.258 e. The highest BCUT2D eigenvalue weighted by Gasteiger charge is 2.08. The predicted molar refractivity (Wildman–Crippen MR) is 61.2 cm³/mol. The van der Waals surface area contributed by atoms with Crippen LogP contribution in [0, 0.1) is 0 Å². The Balaban J connectivity index is 3.08. The number of H-pyrrole nitrogens is 1. The average molecular weight is 224 g/mol. The van der Waals surface area contributed by atoms with Gasteiger partial charge in [0.1, 0.15) is 6.29 Å². The van der Waals surface area contributed by atoms with E-state index in [1.54, 1.807) is 0 Å². The van der Waals surface area contributed by atoms with E-state index in [2.05, 4.69) is 23.1 Å². The molecule has 1 unspecified atom stereocenters. The zero-order chi connectivity index (χ0) is 11.4. The summed E-state index contributed by atoms with van der Waals surface area (Å²) in [5, 5.41) is 0.833. The Morgan fingerprint density at radius 2 is 2.27 bits per heavy atom. The number of thioether (sulfide) groups is 1. The van der Waals surface area contributed by atoms with Crippen LogP contribution in [-0.2, 0) is 4.79 Å². The molecule has 0 aliphatic carbocycles. The van der Waals surface area contributed by atoms with Crippen molar-refractivity contribution in [2.24, 2.45) is 0 Å². The first-order valence-corrected chi connectivity index (χ1v) is 5.36. The molecule has 0 aliphatic rings. The standard InChI is InChI=1S/C10H12N2O2S/c1-4-8(5-13)15-10-11-7(3)6(2)9(14)12-10/h5,8H,2-4H2,1H3,(H,11,12,14). The van der Waals surface area contributed by atoms with E-state index in [9.17, 15) is 9.59 Å². The molecular weight excluding hydrogens is 212 g/mol. The maximum atomic E-state index is 11.3. The molecule has 1 rings (SSSR count). The van der Waals surface area contributed by atoms with E-state index >= 15 is 0 Å². The van der Waals surface area contributed by atoms with Crippen LogP contribution in [0.4, 0.5) is 0 Å². The molecule has 0 fully saturated rings. The minimum atomic E-state index is -0.307. The van der Waals surface area contributed by atoms with E-state index in [1.165, 1.54) is 11.8 Å². The molecule has 1 heterocycles. The smallest absolute Gasteiger partial charge is 0.258 e. The Hall–Kier alpha value is -1.36. The van der Waals surface area contributed by atoms with Gasteiger partial charge in [-0.2, -0.15) is 0 Å². The Labute approximate surface area is 91.1 Å². The largest absolute Gasteiger partial charge is 0.302 e. The van der Waals surface area contributed by atoms with Crippen molar-refractivity contribution < 1.29 is 4.79 Å². The van der Waals surface area contributed by atoms with Crippen LogP contribution in [0.25, 0.3) is 13.2 Å². The number of carbonyl (C=O) groups excluding carboxylic acids is 1. The Morgan fingerprint density at radius 3 is 2.73 bits per heavy atom. The number of nitrogens with one attached hydrogen (secondary N) is 1. The number of nitrogens with zero attached hydrogens (tertiary/aromatic N) is 1. The van der Waals surface area contributed by atoms with Gasteiger partial charge in [0.05, 0.1) is 15.8 Å². The summed E-state index contributed by atoms with van der Waals surface area (Å²) in [5.41, 5.74) is -0.307. The van der Waals surface area contributed by atoms with Crippen molar-refractivity contribution in [3.63, 3.8) is 0 Å². The summed E-state index contributed by atoms with van der Waals surface area (Å²) in [4.78, 5) is 28.5. The average Bonchev–Trinajstić information content (AvgIpc) is 2.22. The van der Waals surface area contributed by atoms with E-state index < -0.39 is 0 Å². The quantitative estimate of drug-likeness (QED) is 0.432. The molecular formula is C10H12N2O2S. The van der Waals surface area contributed by atoms with Crippen LogP contribution < -0.4 is 16.1 Å². The Kier molecular flexibility index (Phi) is 3.85. The SMILES string of the molecule is C=c1nc(SC(C=O)CC)[nH]c(=O)c1=C. The lowest BCUT2D eigenvalue weighted by Crippen LogP contribution is -2.41. The topological polar surface area (TPSA) is 62.8 Å². The molecule has 0 saturated carbocycles. The van der Waals surface area contributed by atoms with Crippen LogP contribution in [0.1, 0.15) is 13.3 Å². The fraction of sp³-hybridized carbons (Fsp3) is 0.300. The molecule has 0 aliphatic heterocycles. The summed E-state index contributed by atoms with van der Waals surface area (Å²) < 4.78 is 0. The third-order valence-corrected chi connectivity index (χ3v) is 3.06. The van der Waals surface area contributed by atoms with Crippen LogP contribution >= 0.6 is 11.8 Å². The van der Waals surface area contributed by atoms with Crippen LogP contribution in [0.5, 0.6) is 0 Å². The second-order valence-electron chi connectivity index (χ2n) is 3.00. The number of rotatable bonds is 4. The molecule has 1 aromatic heterocycles. The lowest BCUT2D eigenvalue weighted by Gasteiger charge is -2.04. The minimum Gasteiger partial charge on any atom is -0.302 e. The third kappa shape index (κ3) is 2.79. The summed E-state index contributed by atoms with van der Waals surface area (Å²) in [6.45, 7) is 9.03. The molecule has 0 bridgehead atoms. The minimum absolute atomic E-state index is 0.191. The lowest BCUT2D eigenvalue weighted by molar-refractivity contribution is -0.107. The molecule has 0 spiro atoms. The van der Waals surface area contributed by atoms with Crippen LogP contribution in [-0.4, -0.2) is 21.5 Å². The molecule has 4 nitrogen and oxygen atoms in total. The third-order valence-electron chi connectivity index (χ3n) is 1.90. The first-order valence-electron chi connectivity index (χ1n) is 4.48. The molecule has 5 heteroatoms. The van der Waals surface area contributed by atoms with Crippen LogP contribution in [0.3, 0.4) is 0 Å². The highest BCUT2D eigenvalue weighted by Crippen LogP contribution is 2.17. The summed E-state index contributed by atoms with van der Waals surface area (Å²) in [6, 6.07) is 0. The predicted octanol–water partition coefficient (Wildman–Crippen LogP) is -0.340.